The van der Waals surface area contributed by atoms with E-state index in [1.165, 1.54) is 25.9 Å². The van der Waals surface area contributed by atoms with Crippen LogP contribution in [0.25, 0.3) is 0 Å². The van der Waals surface area contributed by atoms with E-state index in [-0.39, 0.29) is 0 Å². The summed E-state index contributed by atoms with van der Waals surface area (Å²) >= 11 is 3.63. The third-order valence-electron chi connectivity index (χ3n) is 4.18. The minimum absolute atomic E-state index is 0.412. The van der Waals surface area contributed by atoms with E-state index in [9.17, 15) is 0 Å². The molecule has 2 rings (SSSR count). The average molecular weight is 319 g/mol. The Balaban J connectivity index is 1.78. The van der Waals surface area contributed by atoms with E-state index in [2.05, 4.69) is 39.6 Å². The highest BCUT2D eigenvalue weighted by molar-refractivity contribution is 9.09. The van der Waals surface area contributed by atoms with Gasteiger partial charge in [-0.2, -0.15) is 0 Å². The third kappa shape index (κ3) is 4.19. The van der Waals surface area contributed by atoms with Crippen LogP contribution in [0.3, 0.4) is 0 Å². The number of hydrogen-bond acceptors (Lipinski definition) is 3. The van der Waals surface area contributed by atoms with Gasteiger partial charge in [-0.05, 0) is 39.2 Å². The molecule has 4 heteroatoms. The fraction of sp³-hybridized carbons (Fsp3) is 1.00. The van der Waals surface area contributed by atoms with Crippen LogP contribution in [0.2, 0.25) is 0 Å². The van der Waals surface area contributed by atoms with E-state index in [1.54, 1.807) is 0 Å². The summed E-state index contributed by atoms with van der Waals surface area (Å²) < 4.78 is 5.93. The SMILES string of the molecule is CC(C)N1CCOC(CN2CCCC(CBr)C2)C1. The number of rotatable bonds is 4. The number of hydrogen-bond donors (Lipinski definition) is 0. The van der Waals surface area contributed by atoms with Crippen molar-refractivity contribution in [2.45, 2.75) is 38.8 Å². The van der Waals surface area contributed by atoms with Gasteiger partial charge < -0.3 is 9.64 Å². The summed E-state index contributed by atoms with van der Waals surface area (Å²) in [4.78, 5) is 5.14. The first-order valence-electron chi connectivity index (χ1n) is 7.33. The smallest absolute Gasteiger partial charge is 0.0829 e. The van der Waals surface area contributed by atoms with Gasteiger partial charge in [-0.25, -0.2) is 0 Å². The third-order valence-corrected chi connectivity index (χ3v) is 5.10. The van der Waals surface area contributed by atoms with Crippen LogP contribution in [0, 0.1) is 5.92 Å². The zero-order valence-corrected chi connectivity index (χ0v) is 13.4. The molecule has 0 aromatic carbocycles. The maximum Gasteiger partial charge on any atom is 0.0829 e. The van der Waals surface area contributed by atoms with Crippen molar-refractivity contribution in [3.8, 4) is 0 Å². The van der Waals surface area contributed by atoms with Gasteiger partial charge in [0.2, 0.25) is 0 Å². The van der Waals surface area contributed by atoms with Crippen LogP contribution in [-0.4, -0.2) is 66.6 Å². The Hall–Kier alpha value is 0.360. The summed E-state index contributed by atoms with van der Waals surface area (Å²) in [5.41, 5.74) is 0. The molecule has 0 aromatic heterocycles. The molecule has 0 aromatic rings. The first-order valence-corrected chi connectivity index (χ1v) is 8.45. The lowest BCUT2D eigenvalue weighted by Crippen LogP contribution is -2.51. The van der Waals surface area contributed by atoms with E-state index >= 15 is 0 Å². The number of nitrogens with zero attached hydrogens (tertiary/aromatic N) is 2. The predicted octanol–water partition coefficient (Wildman–Crippen LogP) is 2.20. The van der Waals surface area contributed by atoms with Crippen molar-refractivity contribution in [2.75, 3.05) is 44.7 Å². The van der Waals surface area contributed by atoms with Crippen molar-refractivity contribution in [2.24, 2.45) is 5.92 Å². The molecule has 3 nitrogen and oxygen atoms in total. The Labute approximate surface area is 120 Å². The maximum absolute atomic E-state index is 5.93. The highest BCUT2D eigenvalue weighted by Gasteiger charge is 2.26. The number of alkyl halides is 1. The maximum atomic E-state index is 5.93. The molecule has 2 atom stereocenters. The normalized spacial score (nSPS) is 32.0. The standard InChI is InChI=1S/C14H27BrN2O/c1-12(2)17-6-7-18-14(11-17)10-16-5-3-4-13(8-15)9-16/h12-14H,3-11H2,1-2H3. The van der Waals surface area contributed by atoms with Crippen LogP contribution in [-0.2, 0) is 4.74 Å². The van der Waals surface area contributed by atoms with E-state index in [4.69, 9.17) is 4.74 Å². The Morgan fingerprint density at radius 3 is 2.83 bits per heavy atom. The van der Waals surface area contributed by atoms with E-state index in [0.717, 1.165) is 37.5 Å². The zero-order chi connectivity index (χ0) is 13.0. The van der Waals surface area contributed by atoms with Gasteiger partial charge in [-0.1, -0.05) is 15.9 Å². The van der Waals surface area contributed by atoms with Crippen molar-refractivity contribution < 1.29 is 4.74 Å². The second kappa shape index (κ2) is 7.22. The Morgan fingerprint density at radius 2 is 2.11 bits per heavy atom. The molecular weight excluding hydrogens is 292 g/mol. The summed E-state index contributed by atoms with van der Waals surface area (Å²) in [6.07, 6.45) is 3.14. The molecule has 0 amide bonds. The van der Waals surface area contributed by atoms with E-state index in [1.807, 2.05) is 0 Å². The van der Waals surface area contributed by atoms with Gasteiger partial charge in [-0.15, -0.1) is 0 Å². The van der Waals surface area contributed by atoms with Crippen LogP contribution in [0.1, 0.15) is 26.7 Å². The first kappa shape index (κ1) is 14.8. The zero-order valence-electron chi connectivity index (χ0n) is 11.8. The summed E-state index contributed by atoms with van der Waals surface area (Å²) in [6.45, 7) is 11.3. The van der Waals surface area contributed by atoms with Crippen molar-refractivity contribution >= 4 is 15.9 Å². The van der Waals surface area contributed by atoms with Crippen molar-refractivity contribution in [1.29, 1.82) is 0 Å². The van der Waals surface area contributed by atoms with Gasteiger partial charge >= 0.3 is 0 Å². The molecule has 2 aliphatic rings. The Morgan fingerprint density at radius 1 is 1.28 bits per heavy atom. The van der Waals surface area contributed by atoms with Crippen LogP contribution in [0.5, 0.6) is 0 Å². The van der Waals surface area contributed by atoms with Crippen molar-refractivity contribution in [3.63, 3.8) is 0 Å². The van der Waals surface area contributed by atoms with Crippen LogP contribution < -0.4 is 0 Å². The lowest BCUT2D eigenvalue weighted by molar-refractivity contribution is -0.0555. The van der Waals surface area contributed by atoms with Gasteiger partial charge in [0.05, 0.1) is 12.7 Å². The molecule has 2 heterocycles. The van der Waals surface area contributed by atoms with Crippen LogP contribution in [0.4, 0.5) is 0 Å². The molecule has 2 fully saturated rings. The van der Waals surface area contributed by atoms with Gasteiger partial charge in [0.1, 0.15) is 0 Å². The minimum Gasteiger partial charge on any atom is -0.374 e. The highest BCUT2D eigenvalue weighted by atomic mass is 79.9. The number of likely N-dealkylation sites (tertiary alicyclic amines) is 1. The van der Waals surface area contributed by atoms with E-state index < -0.39 is 0 Å². The fourth-order valence-electron chi connectivity index (χ4n) is 3.05. The Kier molecular flexibility index (Phi) is 5.93. The molecule has 106 valence electrons. The fourth-order valence-corrected chi connectivity index (χ4v) is 3.58. The lowest BCUT2D eigenvalue weighted by atomic mass is 10.00. The summed E-state index contributed by atoms with van der Waals surface area (Å²) in [5, 5.41) is 1.15. The largest absolute Gasteiger partial charge is 0.374 e. The van der Waals surface area contributed by atoms with Crippen molar-refractivity contribution in [1.82, 2.24) is 9.80 Å². The number of morpholine rings is 1. The van der Waals surface area contributed by atoms with Crippen LogP contribution in [0.15, 0.2) is 0 Å². The molecule has 0 aliphatic carbocycles. The lowest BCUT2D eigenvalue weighted by Gasteiger charge is -2.39. The van der Waals surface area contributed by atoms with Gasteiger partial charge in [0, 0.05) is 37.6 Å². The topological polar surface area (TPSA) is 15.7 Å². The molecule has 0 saturated carbocycles. The van der Waals surface area contributed by atoms with Crippen molar-refractivity contribution in [3.05, 3.63) is 0 Å². The molecule has 2 saturated heterocycles. The highest BCUT2D eigenvalue weighted by Crippen LogP contribution is 2.19. The monoisotopic (exact) mass is 318 g/mol. The molecule has 2 aliphatic heterocycles. The molecule has 2 unspecified atom stereocenters. The van der Waals surface area contributed by atoms with Gasteiger partial charge in [0.15, 0.2) is 0 Å². The predicted molar refractivity (Wildman–Crippen MR) is 79.4 cm³/mol. The molecule has 0 bridgehead atoms. The van der Waals surface area contributed by atoms with E-state index in [0.29, 0.717) is 12.1 Å². The van der Waals surface area contributed by atoms with Gasteiger partial charge in [-0.3, -0.25) is 4.90 Å². The average Bonchev–Trinajstić information content (AvgIpc) is 2.39. The number of halogens is 1. The number of piperidine rings is 1. The molecule has 0 radical (unpaired) electrons. The first-order chi connectivity index (χ1) is 8.69. The molecule has 18 heavy (non-hydrogen) atoms. The summed E-state index contributed by atoms with van der Waals surface area (Å²) in [6, 6.07) is 0.646. The second-order valence-electron chi connectivity index (χ2n) is 6.00. The second-order valence-corrected chi connectivity index (χ2v) is 6.65. The molecular formula is C14H27BrN2O. The quantitative estimate of drug-likeness (QED) is 0.739. The van der Waals surface area contributed by atoms with Gasteiger partial charge in [0.25, 0.3) is 0 Å². The molecule has 0 spiro atoms. The summed E-state index contributed by atoms with van der Waals surface area (Å²) in [7, 11) is 0. The van der Waals surface area contributed by atoms with Crippen LogP contribution >= 0.6 is 15.9 Å². The Bertz CT molecular complexity index is 250. The molecule has 0 N–H and O–H groups in total. The minimum atomic E-state index is 0.412. The number of ether oxygens (including phenoxy) is 1. The summed E-state index contributed by atoms with van der Waals surface area (Å²) in [5.74, 6) is 0.837.